The molecule has 2 amide bonds. The maximum Gasteiger partial charge on any atom is 0.325 e. The number of hydrogen-bond acceptors (Lipinski definition) is 5. The Balaban J connectivity index is 1.64. The van der Waals surface area contributed by atoms with Crippen molar-refractivity contribution in [3.63, 3.8) is 0 Å². The standard InChI is InChI=1S/C19H18ClN5O4/c1-29-17(26)9-21-19(28)24-7-6-12-15(10-24)22-16-8-14(23-25(16)18(12)27)11-4-2-3-5-13(11)20/h2-5,8,23H,6-7,9-10H2,1H3,(H,21,28). The SMILES string of the molecule is COC(=O)CNC(=O)N1CCc2c(nc3cc(-c4ccccc4Cl)[nH]n3c2=O)C1. The molecule has 0 saturated heterocycles. The Morgan fingerprint density at radius 2 is 2.14 bits per heavy atom. The number of methoxy groups -OCH3 is 1. The van der Waals surface area contributed by atoms with Crippen LogP contribution in [0.25, 0.3) is 16.9 Å². The summed E-state index contributed by atoms with van der Waals surface area (Å²) in [5, 5.41) is 6.12. The van der Waals surface area contributed by atoms with Crippen LogP contribution in [0.5, 0.6) is 0 Å². The van der Waals surface area contributed by atoms with Crippen LogP contribution in [-0.2, 0) is 22.5 Å². The Morgan fingerprint density at radius 3 is 2.90 bits per heavy atom. The van der Waals surface area contributed by atoms with Gasteiger partial charge in [0.1, 0.15) is 6.54 Å². The van der Waals surface area contributed by atoms with Gasteiger partial charge in [-0.15, -0.1) is 0 Å². The number of benzene rings is 1. The first-order chi connectivity index (χ1) is 14.0. The fraction of sp³-hybridized carbons (Fsp3) is 0.263. The third kappa shape index (κ3) is 3.56. The first-order valence-electron chi connectivity index (χ1n) is 8.96. The summed E-state index contributed by atoms with van der Waals surface area (Å²) in [4.78, 5) is 42.5. The fourth-order valence-electron chi connectivity index (χ4n) is 3.32. The van der Waals surface area contributed by atoms with Crippen LogP contribution >= 0.6 is 11.6 Å². The van der Waals surface area contributed by atoms with Crippen molar-refractivity contribution in [1.29, 1.82) is 0 Å². The molecule has 1 aliphatic heterocycles. The first kappa shape index (κ1) is 19.0. The fourth-order valence-corrected chi connectivity index (χ4v) is 3.55. The number of H-pyrrole nitrogens is 1. The molecule has 0 aliphatic carbocycles. The largest absolute Gasteiger partial charge is 0.468 e. The number of ether oxygens (including phenoxy) is 1. The van der Waals surface area contributed by atoms with Gasteiger partial charge in [0.25, 0.3) is 5.56 Å². The van der Waals surface area contributed by atoms with Crippen molar-refractivity contribution in [3.05, 3.63) is 57.0 Å². The molecule has 0 unspecified atom stereocenters. The van der Waals surface area contributed by atoms with Gasteiger partial charge in [-0.1, -0.05) is 29.8 Å². The van der Waals surface area contributed by atoms with E-state index >= 15 is 0 Å². The zero-order chi connectivity index (χ0) is 20.5. The van der Waals surface area contributed by atoms with Crippen LogP contribution in [0.1, 0.15) is 11.3 Å². The Bertz CT molecular complexity index is 1170. The van der Waals surface area contributed by atoms with E-state index in [1.807, 2.05) is 18.2 Å². The summed E-state index contributed by atoms with van der Waals surface area (Å²) in [5.74, 6) is -0.534. The topological polar surface area (TPSA) is 109 Å². The second kappa shape index (κ2) is 7.59. The van der Waals surface area contributed by atoms with Crippen molar-refractivity contribution in [1.82, 2.24) is 24.8 Å². The molecule has 0 saturated carbocycles. The van der Waals surface area contributed by atoms with E-state index < -0.39 is 12.0 Å². The maximum atomic E-state index is 12.9. The molecule has 0 fully saturated rings. The minimum Gasteiger partial charge on any atom is -0.468 e. The van der Waals surface area contributed by atoms with E-state index in [2.05, 4.69) is 20.1 Å². The molecule has 0 radical (unpaired) electrons. The highest BCUT2D eigenvalue weighted by Crippen LogP contribution is 2.27. The Kier molecular flexibility index (Phi) is 4.98. The van der Waals surface area contributed by atoms with Crippen LogP contribution in [0, 0.1) is 0 Å². The number of fused-ring (bicyclic) bond motifs is 2. The highest BCUT2D eigenvalue weighted by atomic mass is 35.5. The van der Waals surface area contributed by atoms with Gasteiger partial charge in [0.05, 0.1) is 25.0 Å². The zero-order valence-electron chi connectivity index (χ0n) is 15.6. The number of amides is 2. The molecule has 1 aliphatic rings. The smallest absolute Gasteiger partial charge is 0.325 e. The van der Waals surface area contributed by atoms with Crippen molar-refractivity contribution in [2.75, 3.05) is 20.2 Å². The number of hydrogen-bond donors (Lipinski definition) is 2. The molecule has 3 heterocycles. The van der Waals surface area contributed by atoms with Gasteiger partial charge in [-0.2, -0.15) is 0 Å². The monoisotopic (exact) mass is 415 g/mol. The van der Waals surface area contributed by atoms with E-state index in [4.69, 9.17) is 11.6 Å². The molecule has 29 heavy (non-hydrogen) atoms. The summed E-state index contributed by atoms with van der Waals surface area (Å²) in [6, 6.07) is 8.66. The van der Waals surface area contributed by atoms with Crippen LogP contribution in [0.3, 0.4) is 0 Å². The summed E-state index contributed by atoms with van der Waals surface area (Å²) in [6.45, 7) is 0.314. The van der Waals surface area contributed by atoms with Crippen molar-refractivity contribution < 1.29 is 14.3 Å². The van der Waals surface area contributed by atoms with Crippen molar-refractivity contribution in [2.45, 2.75) is 13.0 Å². The number of halogens is 1. The molecule has 0 bridgehead atoms. The summed E-state index contributed by atoms with van der Waals surface area (Å²) in [7, 11) is 1.25. The lowest BCUT2D eigenvalue weighted by Gasteiger charge is -2.27. The number of carbonyl (C=O) groups is 2. The van der Waals surface area contributed by atoms with E-state index in [9.17, 15) is 14.4 Å². The number of urea groups is 1. The molecule has 9 nitrogen and oxygen atoms in total. The minimum atomic E-state index is -0.534. The summed E-state index contributed by atoms with van der Waals surface area (Å²) >= 11 is 6.26. The minimum absolute atomic E-state index is 0.181. The van der Waals surface area contributed by atoms with Crippen molar-refractivity contribution >= 4 is 29.2 Å². The molecule has 2 aromatic heterocycles. The third-order valence-electron chi connectivity index (χ3n) is 4.83. The number of aromatic amines is 1. The highest BCUT2D eigenvalue weighted by Gasteiger charge is 2.25. The normalized spacial score (nSPS) is 13.2. The van der Waals surface area contributed by atoms with E-state index in [0.29, 0.717) is 40.6 Å². The molecule has 150 valence electrons. The average Bonchev–Trinajstić information content (AvgIpc) is 3.15. The third-order valence-corrected chi connectivity index (χ3v) is 5.16. The number of carbonyl (C=O) groups excluding carboxylic acids is 2. The number of esters is 1. The van der Waals surface area contributed by atoms with Gasteiger partial charge in [0, 0.05) is 28.8 Å². The van der Waals surface area contributed by atoms with Gasteiger partial charge in [0.2, 0.25) is 0 Å². The van der Waals surface area contributed by atoms with Gasteiger partial charge in [-0.3, -0.25) is 14.7 Å². The first-order valence-corrected chi connectivity index (χ1v) is 9.33. The van der Waals surface area contributed by atoms with Crippen LogP contribution in [0.2, 0.25) is 5.02 Å². The Hall–Kier alpha value is -3.33. The highest BCUT2D eigenvalue weighted by molar-refractivity contribution is 6.33. The number of aromatic nitrogens is 3. The second-order valence-electron chi connectivity index (χ2n) is 6.59. The van der Waals surface area contributed by atoms with Crippen LogP contribution in [-0.4, -0.2) is 51.7 Å². The maximum absolute atomic E-state index is 12.9. The number of rotatable bonds is 3. The van der Waals surface area contributed by atoms with Gasteiger partial charge >= 0.3 is 12.0 Å². The van der Waals surface area contributed by atoms with E-state index in [0.717, 1.165) is 5.56 Å². The predicted molar refractivity (Wildman–Crippen MR) is 106 cm³/mol. The predicted octanol–water partition coefficient (Wildman–Crippen LogP) is 1.58. The zero-order valence-corrected chi connectivity index (χ0v) is 16.3. The molecule has 3 aromatic rings. The summed E-state index contributed by atoms with van der Waals surface area (Å²) in [5.41, 5.74) is 2.79. The van der Waals surface area contributed by atoms with E-state index in [-0.39, 0.29) is 18.6 Å². The van der Waals surface area contributed by atoms with Crippen LogP contribution < -0.4 is 10.9 Å². The lowest BCUT2D eigenvalue weighted by atomic mass is 10.1. The molecule has 1 aromatic carbocycles. The Morgan fingerprint density at radius 1 is 1.34 bits per heavy atom. The molecule has 0 spiro atoms. The van der Waals surface area contributed by atoms with Gasteiger partial charge in [-0.25, -0.2) is 14.3 Å². The molecular formula is C19H18ClN5O4. The number of nitrogens with zero attached hydrogens (tertiary/aromatic N) is 3. The second-order valence-corrected chi connectivity index (χ2v) is 7.00. The molecule has 4 rings (SSSR count). The summed E-state index contributed by atoms with van der Waals surface area (Å²) in [6.07, 6.45) is 0.371. The molecular weight excluding hydrogens is 398 g/mol. The lowest BCUT2D eigenvalue weighted by molar-refractivity contribution is -0.139. The number of nitrogens with one attached hydrogen (secondary N) is 2. The van der Waals surface area contributed by atoms with E-state index in [1.165, 1.54) is 16.5 Å². The molecule has 0 atom stereocenters. The van der Waals surface area contributed by atoms with Gasteiger partial charge in [-0.05, 0) is 12.5 Å². The van der Waals surface area contributed by atoms with Crippen molar-refractivity contribution in [3.8, 4) is 11.3 Å². The van der Waals surface area contributed by atoms with Crippen LogP contribution in [0.15, 0.2) is 35.1 Å². The van der Waals surface area contributed by atoms with Crippen molar-refractivity contribution in [2.24, 2.45) is 0 Å². The Labute approximate surface area is 170 Å². The van der Waals surface area contributed by atoms with E-state index in [1.54, 1.807) is 12.1 Å². The molecule has 2 N–H and O–H groups in total. The summed E-state index contributed by atoms with van der Waals surface area (Å²) < 4.78 is 5.91. The van der Waals surface area contributed by atoms with Gasteiger partial charge < -0.3 is 15.0 Å². The average molecular weight is 416 g/mol. The molecule has 10 heteroatoms. The lowest BCUT2D eigenvalue weighted by Crippen LogP contribution is -2.46. The van der Waals surface area contributed by atoms with Crippen LogP contribution in [0.4, 0.5) is 4.79 Å². The van der Waals surface area contributed by atoms with Gasteiger partial charge in [0.15, 0.2) is 5.65 Å². The quantitative estimate of drug-likeness (QED) is 0.631.